The average molecular weight is 249 g/mol. The molecule has 0 radical (unpaired) electrons. The highest BCUT2D eigenvalue weighted by Gasteiger charge is 2.37. The number of benzene rings is 1. The van der Waals surface area contributed by atoms with Crippen LogP contribution in [0.25, 0.3) is 0 Å². The second-order valence-corrected chi connectivity index (χ2v) is 5.03. The third kappa shape index (κ3) is 3.24. The summed E-state index contributed by atoms with van der Waals surface area (Å²) in [5.74, 6) is 0.897. The van der Waals surface area contributed by atoms with Crippen molar-refractivity contribution in [1.82, 2.24) is 5.32 Å². The van der Waals surface area contributed by atoms with Gasteiger partial charge in [0.05, 0.1) is 19.3 Å². The van der Waals surface area contributed by atoms with Crippen molar-refractivity contribution < 1.29 is 9.47 Å². The maximum atomic E-state index is 6.16. The molecular weight excluding hydrogens is 226 g/mol. The molecular formula is C15H23NO2. The highest BCUT2D eigenvalue weighted by Crippen LogP contribution is 2.39. The number of nitrogens with one attached hydrogen (secondary N) is 1. The van der Waals surface area contributed by atoms with Crippen molar-refractivity contribution in [1.29, 1.82) is 0 Å². The van der Waals surface area contributed by atoms with Crippen molar-refractivity contribution in [2.45, 2.75) is 37.9 Å². The summed E-state index contributed by atoms with van der Waals surface area (Å²) in [6, 6.07) is 8.11. The molecule has 1 fully saturated rings. The zero-order chi connectivity index (χ0) is 12.8. The Balaban J connectivity index is 1.89. The Bertz CT molecular complexity index is 375. The molecule has 0 saturated heterocycles. The molecule has 1 aliphatic rings. The number of ether oxygens (including phenoxy) is 2. The van der Waals surface area contributed by atoms with E-state index < -0.39 is 0 Å². The Labute approximate surface area is 109 Å². The minimum atomic E-state index is 0.117. The Hall–Kier alpha value is -1.06. The van der Waals surface area contributed by atoms with Gasteiger partial charge in [-0.3, -0.25) is 0 Å². The molecule has 1 aromatic rings. The van der Waals surface area contributed by atoms with Gasteiger partial charge in [-0.15, -0.1) is 0 Å². The van der Waals surface area contributed by atoms with Gasteiger partial charge in [-0.2, -0.15) is 0 Å². The molecule has 0 heterocycles. The average Bonchev–Trinajstić information content (AvgIpc) is 2.37. The van der Waals surface area contributed by atoms with Gasteiger partial charge in [0.2, 0.25) is 0 Å². The van der Waals surface area contributed by atoms with Gasteiger partial charge >= 0.3 is 0 Å². The van der Waals surface area contributed by atoms with Crippen LogP contribution in [0.4, 0.5) is 0 Å². The highest BCUT2D eigenvalue weighted by molar-refractivity contribution is 5.27. The van der Waals surface area contributed by atoms with Crippen LogP contribution in [0.1, 0.15) is 31.2 Å². The molecule has 1 saturated carbocycles. The van der Waals surface area contributed by atoms with E-state index >= 15 is 0 Å². The Morgan fingerprint density at radius 3 is 2.78 bits per heavy atom. The number of methoxy groups -OCH3 is 1. The highest BCUT2D eigenvalue weighted by atomic mass is 16.5. The van der Waals surface area contributed by atoms with Crippen LogP contribution in [0.2, 0.25) is 0 Å². The zero-order valence-electron chi connectivity index (χ0n) is 11.4. The summed E-state index contributed by atoms with van der Waals surface area (Å²) in [5, 5.41) is 3.21. The first-order valence-corrected chi connectivity index (χ1v) is 6.69. The molecule has 0 atom stereocenters. The lowest BCUT2D eigenvalue weighted by atomic mass is 9.77. The topological polar surface area (TPSA) is 30.5 Å². The molecule has 1 N–H and O–H groups in total. The summed E-state index contributed by atoms with van der Waals surface area (Å²) in [5.41, 5.74) is 1.30. The molecule has 0 aromatic heterocycles. The lowest BCUT2D eigenvalue weighted by Gasteiger charge is -2.42. The second-order valence-electron chi connectivity index (χ2n) is 5.03. The Kier molecular flexibility index (Phi) is 4.61. The van der Waals surface area contributed by atoms with Crippen molar-refractivity contribution in [2.75, 3.05) is 20.7 Å². The van der Waals surface area contributed by atoms with Crippen molar-refractivity contribution >= 4 is 0 Å². The third-order valence-electron chi connectivity index (χ3n) is 3.77. The van der Waals surface area contributed by atoms with Crippen molar-refractivity contribution in [3.8, 4) is 5.75 Å². The first-order valence-electron chi connectivity index (χ1n) is 6.69. The van der Waals surface area contributed by atoms with Gasteiger partial charge in [0.1, 0.15) is 5.75 Å². The monoisotopic (exact) mass is 249 g/mol. The van der Waals surface area contributed by atoms with Crippen LogP contribution in [0.3, 0.4) is 0 Å². The molecule has 0 aliphatic heterocycles. The summed E-state index contributed by atoms with van der Waals surface area (Å²) < 4.78 is 11.4. The van der Waals surface area contributed by atoms with Crippen molar-refractivity contribution in [2.24, 2.45) is 0 Å². The fourth-order valence-corrected chi connectivity index (χ4v) is 2.39. The van der Waals surface area contributed by atoms with Gasteiger partial charge in [-0.25, -0.2) is 0 Å². The summed E-state index contributed by atoms with van der Waals surface area (Å²) in [4.78, 5) is 0. The second kappa shape index (κ2) is 6.21. The lowest BCUT2D eigenvalue weighted by molar-refractivity contribution is -0.113. The number of hydrogen-bond donors (Lipinski definition) is 1. The van der Waals surface area contributed by atoms with Gasteiger partial charge < -0.3 is 14.8 Å². The van der Waals surface area contributed by atoms with Gasteiger partial charge in [-0.05, 0) is 57.0 Å². The molecule has 0 unspecified atom stereocenters. The molecule has 100 valence electrons. The summed E-state index contributed by atoms with van der Waals surface area (Å²) >= 11 is 0. The Morgan fingerprint density at radius 2 is 2.17 bits per heavy atom. The van der Waals surface area contributed by atoms with E-state index in [4.69, 9.17) is 9.47 Å². The molecule has 3 heteroatoms. The van der Waals surface area contributed by atoms with E-state index in [0.29, 0.717) is 6.61 Å². The molecule has 1 aromatic carbocycles. The third-order valence-corrected chi connectivity index (χ3v) is 3.77. The zero-order valence-corrected chi connectivity index (χ0v) is 11.4. The van der Waals surface area contributed by atoms with Crippen LogP contribution in [0.5, 0.6) is 5.75 Å². The van der Waals surface area contributed by atoms with E-state index in [1.54, 1.807) is 7.11 Å². The maximum Gasteiger partial charge on any atom is 0.119 e. The van der Waals surface area contributed by atoms with Crippen molar-refractivity contribution in [3.63, 3.8) is 0 Å². The molecule has 1 aliphatic carbocycles. The van der Waals surface area contributed by atoms with E-state index in [0.717, 1.165) is 18.7 Å². The smallest absolute Gasteiger partial charge is 0.119 e. The van der Waals surface area contributed by atoms with E-state index in [-0.39, 0.29) is 5.60 Å². The van der Waals surface area contributed by atoms with Gasteiger partial charge in [0.25, 0.3) is 0 Å². The molecule has 3 nitrogen and oxygen atoms in total. The normalized spacial score (nSPS) is 17.2. The molecule has 18 heavy (non-hydrogen) atoms. The SMILES string of the molecule is CNCCC1(OCc2cccc(OC)c2)CCC1. The van der Waals surface area contributed by atoms with Gasteiger partial charge in [0, 0.05) is 0 Å². The van der Waals surface area contributed by atoms with Crippen LogP contribution >= 0.6 is 0 Å². The van der Waals surface area contributed by atoms with Crippen LogP contribution in [-0.2, 0) is 11.3 Å². The fraction of sp³-hybridized carbons (Fsp3) is 0.600. The molecule has 0 spiro atoms. The standard InChI is InChI=1S/C15H23NO2/c1-16-10-9-15(7-4-8-15)18-12-13-5-3-6-14(11-13)17-2/h3,5-6,11,16H,4,7-10,12H2,1-2H3. The minimum Gasteiger partial charge on any atom is -0.497 e. The summed E-state index contributed by atoms with van der Waals surface area (Å²) in [6.45, 7) is 1.71. The quantitative estimate of drug-likeness (QED) is 0.806. The molecule has 0 bridgehead atoms. The van der Waals surface area contributed by atoms with Crippen molar-refractivity contribution in [3.05, 3.63) is 29.8 Å². The van der Waals surface area contributed by atoms with Gasteiger partial charge in [-0.1, -0.05) is 12.1 Å². The Morgan fingerprint density at radius 1 is 1.33 bits per heavy atom. The van der Waals surface area contributed by atoms with E-state index in [2.05, 4.69) is 11.4 Å². The first-order chi connectivity index (χ1) is 8.78. The van der Waals surface area contributed by atoms with Crippen LogP contribution < -0.4 is 10.1 Å². The van der Waals surface area contributed by atoms with Crippen LogP contribution in [0.15, 0.2) is 24.3 Å². The van der Waals surface area contributed by atoms with Crippen LogP contribution in [-0.4, -0.2) is 26.3 Å². The largest absolute Gasteiger partial charge is 0.497 e. The molecule has 2 rings (SSSR count). The minimum absolute atomic E-state index is 0.117. The summed E-state index contributed by atoms with van der Waals surface area (Å²) in [7, 11) is 3.69. The van der Waals surface area contributed by atoms with E-state index in [1.165, 1.54) is 24.8 Å². The molecule has 0 amide bonds. The van der Waals surface area contributed by atoms with E-state index in [9.17, 15) is 0 Å². The maximum absolute atomic E-state index is 6.16. The first kappa shape index (κ1) is 13.4. The predicted octanol–water partition coefficient (Wildman–Crippen LogP) is 2.74. The van der Waals surface area contributed by atoms with E-state index in [1.807, 2.05) is 25.2 Å². The lowest BCUT2D eigenvalue weighted by Crippen LogP contribution is -2.42. The number of rotatable bonds is 7. The predicted molar refractivity (Wildman–Crippen MR) is 72.9 cm³/mol. The fourth-order valence-electron chi connectivity index (χ4n) is 2.39. The number of hydrogen-bond acceptors (Lipinski definition) is 3. The summed E-state index contributed by atoms with van der Waals surface area (Å²) in [6.07, 6.45) is 4.78. The van der Waals surface area contributed by atoms with Gasteiger partial charge in [0.15, 0.2) is 0 Å². The van der Waals surface area contributed by atoms with Crippen LogP contribution in [0, 0.1) is 0 Å².